The van der Waals surface area contributed by atoms with Crippen molar-refractivity contribution >= 4 is 12.0 Å². The third kappa shape index (κ3) is 6.83. The number of piperidine rings is 2. The number of rotatable bonds is 8. The summed E-state index contributed by atoms with van der Waals surface area (Å²) >= 11 is 0. The molecule has 0 unspecified atom stereocenters. The second-order valence-electron chi connectivity index (χ2n) is 12.9. The van der Waals surface area contributed by atoms with Gasteiger partial charge in [-0.1, -0.05) is 6.42 Å². The smallest absolute Gasteiger partial charge is 0.317 e. The quantitative estimate of drug-likeness (QED) is 0.482. The lowest BCUT2D eigenvalue weighted by Gasteiger charge is -2.61. The molecule has 2 N–H and O–H groups in total. The number of carbonyl (C=O) groups is 2. The van der Waals surface area contributed by atoms with Crippen LogP contribution in [0.4, 0.5) is 4.79 Å². The first-order valence-corrected chi connectivity index (χ1v) is 12.6. The molecule has 0 bridgehead atoms. The molecule has 2 aliphatic heterocycles. The molecule has 0 aliphatic carbocycles. The summed E-state index contributed by atoms with van der Waals surface area (Å²) in [5.74, 6) is -0.809. The standard InChI is InChI=1S/C25H46N4O5/c1-22(2)14-18(15-23(3,4)28(22)33)26-21(32)27(13-11-9-10-12-20(30)31)19-16-24(5,6)29(34)25(7,8)17-19/h18-19H,9-17H2,1-8H3,(H,26,32)(H,30,31)/q-2. The molecule has 2 amide bonds. The number of hydrogen-bond acceptors (Lipinski definition) is 6. The summed E-state index contributed by atoms with van der Waals surface area (Å²) in [6.07, 6.45) is 4.38. The van der Waals surface area contributed by atoms with Gasteiger partial charge in [-0.2, -0.15) is 0 Å². The Bertz CT molecular complexity index is 701. The second-order valence-corrected chi connectivity index (χ2v) is 12.9. The lowest BCUT2D eigenvalue weighted by Crippen LogP contribution is -2.65. The van der Waals surface area contributed by atoms with Crippen molar-refractivity contribution in [3.63, 3.8) is 0 Å². The van der Waals surface area contributed by atoms with E-state index in [0.29, 0.717) is 45.1 Å². The van der Waals surface area contributed by atoms with E-state index < -0.39 is 28.1 Å². The number of nitrogens with zero attached hydrogens (tertiary/aromatic N) is 3. The van der Waals surface area contributed by atoms with Gasteiger partial charge in [-0.15, -0.1) is 0 Å². The zero-order valence-electron chi connectivity index (χ0n) is 22.4. The molecule has 0 saturated carbocycles. The minimum Gasteiger partial charge on any atom is -0.784 e. The van der Waals surface area contributed by atoms with Crippen molar-refractivity contribution in [2.45, 2.75) is 141 Å². The van der Waals surface area contributed by atoms with Crippen LogP contribution in [0.3, 0.4) is 0 Å². The molecule has 0 aromatic rings. The van der Waals surface area contributed by atoms with Crippen LogP contribution in [0.1, 0.15) is 107 Å². The molecule has 2 fully saturated rings. The number of unbranched alkanes of at least 4 members (excludes halogenated alkanes) is 2. The van der Waals surface area contributed by atoms with Gasteiger partial charge in [0.1, 0.15) is 0 Å². The van der Waals surface area contributed by atoms with Crippen molar-refractivity contribution in [1.29, 1.82) is 0 Å². The Morgan fingerprint density at radius 2 is 1.26 bits per heavy atom. The van der Waals surface area contributed by atoms with E-state index in [-0.39, 0.29) is 24.5 Å². The van der Waals surface area contributed by atoms with Crippen LogP contribution in [0.2, 0.25) is 0 Å². The summed E-state index contributed by atoms with van der Waals surface area (Å²) in [6, 6.07) is -0.391. The van der Waals surface area contributed by atoms with E-state index in [2.05, 4.69) is 5.32 Å². The lowest BCUT2D eigenvalue weighted by atomic mass is 9.78. The van der Waals surface area contributed by atoms with Gasteiger partial charge in [0.05, 0.1) is 0 Å². The van der Waals surface area contributed by atoms with E-state index >= 15 is 0 Å². The van der Waals surface area contributed by atoms with E-state index in [1.807, 2.05) is 60.3 Å². The van der Waals surface area contributed by atoms with Gasteiger partial charge in [-0.3, -0.25) is 4.79 Å². The molecule has 2 aliphatic rings. The summed E-state index contributed by atoms with van der Waals surface area (Å²) in [4.78, 5) is 26.3. The Kier molecular flexibility index (Phi) is 8.72. The predicted molar refractivity (Wildman–Crippen MR) is 134 cm³/mol. The van der Waals surface area contributed by atoms with Crippen molar-refractivity contribution in [1.82, 2.24) is 20.3 Å². The van der Waals surface area contributed by atoms with Gasteiger partial charge >= 0.3 is 12.0 Å². The molecule has 2 rings (SSSR count). The largest absolute Gasteiger partial charge is 0.784 e. The number of carboxylic acid groups (broad SMARTS) is 1. The number of aliphatic carboxylic acids is 1. The number of amides is 2. The van der Waals surface area contributed by atoms with Crippen LogP contribution >= 0.6 is 0 Å². The average Bonchev–Trinajstić information content (AvgIpc) is 2.65. The molecule has 0 aromatic carbocycles. The van der Waals surface area contributed by atoms with E-state index in [0.717, 1.165) is 16.5 Å². The van der Waals surface area contributed by atoms with E-state index in [1.54, 1.807) is 0 Å². The van der Waals surface area contributed by atoms with Crippen molar-refractivity contribution in [2.75, 3.05) is 6.54 Å². The number of carboxylic acids is 1. The molecular formula is C25H46N4O5-2. The zero-order chi connectivity index (χ0) is 26.1. The first-order chi connectivity index (χ1) is 15.4. The van der Waals surface area contributed by atoms with Gasteiger partial charge in [0.15, 0.2) is 0 Å². The highest BCUT2D eigenvalue weighted by Gasteiger charge is 2.45. The van der Waals surface area contributed by atoms with Crippen molar-refractivity contribution in [3.05, 3.63) is 10.4 Å². The molecule has 198 valence electrons. The molecule has 2 heterocycles. The fraction of sp³-hybridized carbons (Fsp3) is 0.920. The SMILES string of the molecule is CC1(C)CC(NC(=O)N(CCCCCC(=O)O)C2CC(C)(C)N([O-])C(C)(C)C2)CC(C)(C)N1[O-]. The Morgan fingerprint density at radius 3 is 1.71 bits per heavy atom. The van der Waals surface area contributed by atoms with Crippen LogP contribution in [0.25, 0.3) is 0 Å². The summed E-state index contributed by atoms with van der Waals surface area (Å²) in [5, 5.41) is 40.0. The molecule has 2 saturated heterocycles. The minimum atomic E-state index is -0.809. The summed E-state index contributed by atoms with van der Waals surface area (Å²) in [7, 11) is 0. The Labute approximate surface area is 205 Å². The van der Waals surface area contributed by atoms with Gasteiger partial charge in [0, 0.05) is 47.2 Å². The van der Waals surface area contributed by atoms with E-state index in [9.17, 15) is 20.0 Å². The highest BCUT2D eigenvalue weighted by Crippen LogP contribution is 2.40. The highest BCUT2D eigenvalue weighted by molar-refractivity contribution is 5.75. The van der Waals surface area contributed by atoms with E-state index in [1.165, 1.54) is 0 Å². The average molecular weight is 483 g/mol. The maximum atomic E-state index is 13.6. The van der Waals surface area contributed by atoms with Crippen LogP contribution < -0.4 is 5.32 Å². The summed E-state index contributed by atoms with van der Waals surface area (Å²) in [5.41, 5.74) is -2.38. The van der Waals surface area contributed by atoms with Gasteiger partial charge in [0.2, 0.25) is 0 Å². The summed E-state index contributed by atoms with van der Waals surface area (Å²) < 4.78 is 0. The predicted octanol–water partition coefficient (Wildman–Crippen LogP) is 4.68. The minimum absolute atomic E-state index is 0.102. The van der Waals surface area contributed by atoms with Crippen molar-refractivity contribution < 1.29 is 14.7 Å². The lowest BCUT2D eigenvalue weighted by molar-refractivity contribution is -0.137. The number of urea groups is 1. The Balaban J connectivity index is 2.18. The number of nitrogens with one attached hydrogen (secondary N) is 1. The fourth-order valence-electron chi connectivity index (χ4n) is 6.24. The van der Waals surface area contributed by atoms with Crippen LogP contribution in [0.15, 0.2) is 0 Å². The molecule has 9 nitrogen and oxygen atoms in total. The van der Waals surface area contributed by atoms with Gasteiger partial charge < -0.3 is 35.9 Å². The Morgan fingerprint density at radius 1 is 0.824 bits per heavy atom. The van der Waals surface area contributed by atoms with Crippen molar-refractivity contribution in [2.24, 2.45) is 0 Å². The van der Waals surface area contributed by atoms with Gasteiger partial charge in [0.25, 0.3) is 0 Å². The van der Waals surface area contributed by atoms with E-state index in [4.69, 9.17) is 5.11 Å². The topological polar surface area (TPSA) is 122 Å². The van der Waals surface area contributed by atoms with Crippen molar-refractivity contribution in [3.8, 4) is 0 Å². The molecular weight excluding hydrogens is 436 g/mol. The van der Waals surface area contributed by atoms with Crippen LogP contribution in [0, 0.1) is 10.4 Å². The molecule has 9 heteroatoms. The number of hydrogen-bond donors (Lipinski definition) is 2. The first kappa shape index (κ1) is 28.8. The third-order valence-electron chi connectivity index (χ3n) is 7.48. The molecule has 0 radical (unpaired) electrons. The Hall–Kier alpha value is -1.42. The monoisotopic (exact) mass is 482 g/mol. The maximum Gasteiger partial charge on any atom is 0.317 e. The number of carbonyl (C=O) groups excluding carboxylic acids is 1. The van der Waals surface area contributed by atoms with Gasteiger partial charge in [-0.05, 0) is 93.9 Å². The van der Waals surface area contributed by atoms with Crippen LogP contribution in [-0.2, 0) is 4.79 Å². The second kappa shape index (κ2) is 10.3. The molecule has 0 aromatic heterocycles. The molecule has 0 spiro atoms. The maximum absolute atomic E-state index is 13.6. The molecule has 34 heavy (non-hydrogen) atoms. The fourth-order valence-corrected chi connectivity index (χ4v) is 6.24. The van der Waals surface area contributed by atoms with Gasteiger partial charge in [-0.25, -0.2) is 4.79 Å². The highest BCUT2D eigenvalue weighted by atomic mass is 16.5. The zero-order valence-corrected chi connectivity index (χ0v) is 22.4. The normalized spacial score (nSPS) is 25.1. The first-order valence-electron chi connectivity index (χ1n) is 12.6. The molecule has 0 atom stereocenters. The third-order valence-corrected chi connectivity index (χ3v) is 7.48. The summed E-state index contributed by atoms with van der Waals surface area (Å²) in [6.45, 7) is 15.8. The number of hydroxylamine groups is 4. The van der Waals surface area contributed by atoms with Crippen LogP contribution in [-0.4, -0.2) is 72.9 Å². The van der Waals surface area contributed by atoms with Crippen LogP contribution in [0.5, 0.6) is 0 Å².